The van der Waals surface area contributed by atoms with Crippen molar-refractivity contribution in [3.63, 3.8) is 0 Å². The number of aliphatic hydroxyl groups is 1. The van der Waals surface area contributed by atoms with E-state index >= 15 is 0 Å². The maximum Gasteiger partial charge on any atom is 0.387 e. The highest BCUT2D eigenvalue weighted by atomic mass is 19.3. The van der Waals surface area contributed by atoms with Crippen LogP contribution in [0.15, 0.2) is 48.5 Å². The van der Waals surface area contributed by atoms with Gasteiger partial charge >= 0.3 is 12.6 Å². The van der Waals surface area contributed by atoms with Crippen LogP contribution in [0.25, 0.3) is 0 Å². The summed E-state index contributed by atoms with van der Waals surface area (Å²) in [5, 5.41) is 9.77. The van der Waals surface area contributed by atoms with Gasteiger partial charge < -0.3 is 9.84 Å². The van der Waals surface area contributed by atoms with Crippen LogP contribution in [-0.4, -0.2) is 54.9 Å². The van der Waals surface area contributed by atoms with E-state index in [1.165, 1.54) is 0 Å². The van der Waals surface area contributed by atoms with Crippen LogP contribution in [0.5, 0.6) is 5.75 Å². The number of carbonyl (C=O) groups excluding carboxylic acids is 1. The Morgan fingerprint density at radius 1 is 1.11 bits per heavy atom. The van der Waals surface area contributed by atoms with E-state index in [2.05, 4.69) is 18.7 Å². The van der Waals surface area contributed by atoms with E-state index < -0.39 is 6.61 Å². The fourth-order valence-corrected chi connectivity index (χ4v) is 5.17. The Morgan fingerprint density at radius 2 is 1.86 bits per heavy atom. The Bertz CT molecular complexity index is 1020. The number of halogens is 2. The number of carbonyl (C=O) groups is 1. The molecule has 0 aromatic heterocycles. The van der Waals surface area contributed by atoms with Crippen molar-refractivity contribution in [1.29, 1.82) is 0 Å². The van der Waals surface area contributed by atoms with E-state index in [4.69, 9.17) is 4.74 Å². The smallest absolute Gasteiger partial charge is 0.387 e. The van der Waals surface area contributed by atoms with Crippen molar-refractivity contribution in [3.8, 4) is 5.75 Å². The molecule has 2 aromatic carbocycles. The van der Waals surface area contributed by atoms with Crippen molar-refractivity contribution in [2.75, 3.05) is 36.0 Å². The Kier molecular flexibility index (Phi) is 7.62. The van der Waals surface area contributed by atoms with Crippen LogP contribution in [0.1, 0.15) is 39.2 Å². The van der Waals surface area contributed by atoms with Gasteiger partial charge in [0.05, 0.1) is 6.04 Å². The summed E-state index contributed by atoms with van der Waals surface area (Å²) in [6.07, 6.45) is 2.03. The van der Waals surface area contributed by atoms with Crippen molar-refractivity contribution in [2.24, 2.45) is 11.3 Å². The number of amides is 2. The number of benzene rings is 2. The topological polar surface area (TPSA) is 56.2 Å². The number of hydrogen-bond donors (Lipinski definition) is 1. The highest BCUT2D eigenvalue weighted by Gasteiger charge is 2.37. The summed E-state index contributed by atoms with van der Waals surface area (Å²) in [6.45, 7) is 5.83. The molecule has 0 saturated carbocycles. The molecule has 6 nitrogen and oxygen atoms in total. The zero-order valence-electron chi connectivity index (χ0n) is 20.7. The Hall–Kier alpha value is -2.71. The van der Waals surface area contributed by atoms with Crippen LogP contribution >= 0.6 is 0 Å². The third-order valence-corrected chi connectivity index (χ3v) is 7.35. The van der Waals surface area contributed by atoms with Gasteiger partial charge in [-0.05, 0) is 55.8 Å². The number of ether oxygens (including phenoxy) is 1. The number of anilines is 2. The molecule has 2 atom stereocenters. The fourth-order valence-electron chi connectivity index (χ4n) is 5.17. The normalized spacial score (nSPS) is 21.7. The number of nitrogens with zero attached hydrogens (tertiary/aromatic N) is 3. The summed E-state index contributed by atoms with van der Waals surface area (Å²) in [5.74, 6) is 0.423. The summed E-state index contributed by atoms with van der Waals surface area (Å²) in [7, 11) is 0. The highest BCUT2D eigenvalue weighted by Crippen LogP contribution is 2.36. The molecule has 2 saturated heterocycles. The molecule has 0 spiro atoms. The van der Waals surface area contributed by atoms with Crippen molar-refractivity contribution in [3.05, 3.63) is 54.1 Å². The van der Waals surface area contributed by atoms with Gasteiger partial charge in [-0.3, -0.25) is 14.7 Å². The number of piperidine rings is 1. The highest BCUT2D eigenvalue weighted by molar-refractivity contribution is 6.06. The van der Waals surface area contributed by atoms with Crippen LogP contribution in [0.4, 0.5) is 25.0 Å². The van der Waals surface area contributed by atoms with Gasteiger partial charge in [0.25, 0.3) is 0 Å². The molecule has 2 aliphatic rings. The molecule has 0 bridgehead atoms. The first-order valence-corrected chi connectivity index (χ1v) is 12.3. The van der Waals surface area contributed by atoms with Gasteiger partial charge in [0.15, 0.2) is 0 Å². The lowest BCUT2D eigenvalue weighted by atomic mass is 9.75. The van der Waals surface area contributed by atoms with Crippen molar-refractivity contribution in [2.45, 2.75) is 52.8 Å². The summed E-state index contributed by atoms with van der Waals surface area (Å²) in [6, 6.07) is 14.3. The fraction of sp³-hybridized carbons (Fsp3) is 0.519. The molecule has 2 fully saturated rings. The number of aliphatic hydroxyl groups excluding tert-OH is 1. The maximum absolute atomic E-state index is 13.3. The van der Waals surface area contributed by atoms with E-state index in [1.807, 2.05) is 43.3 Å². The minimum Gasteiger partial charge on any atom is -0.434 e. The third-order valence-electron chi connectivity index (χ3n) is 7.35. The van der Waals surface area contributed by atoms with Crippen LogP contribution in [0, 0.1) is 11.3 Å². The lowest BCUT2D eigenvalue weighted by Gasteiger charge is -2.40. The first kappa shape index (κ1) is 25.4. The van der Waals surface area contributed by atoms with Gasteiger partial charge in [0.1, 0.15) is 5.75 Å². The second-order valence-electron chi connectivity index (χ2n) is 10.3. The summed E-state index contributed by atoms with van der Waals surface area (Å²) in [5.41, 5.74) is 1.81. The molecule has 35 heavy (non-hydrogen) atoms. The molecule has 2 heterocycles. The number of alkyl halides is 2. The lowest BCUT2D eigenvalue weighted by molar-refractivity contribution is -0.0509. The van der Waals surface area contributed by atoms with Crippen LogP contribution in [-0.2, 0) is 6.54 Å². The van der Waals surface area contributed by atoms with Gasteiger partial charge in [-0.25, -0.2) is 4.79 Å². The second kappa shape index (κ2) is 10.5. The molecule has 190 valence electrons. The molecule has 2 aliphatic heterocycles. The van der Waals surface area contributed by atoms with Crippen LogP contribution < -0.4 is 14.5 Å². The molecule has 4 rings (SSSR count). The van der Waals surface area contributed by atoms with Gasteiger partial charge in [-0.2, -0.15) is 8.78 Å². The molecule has 0 unspecified atom stereocenters. The van der Waals surface area contributed by atoms with E-state index in [-0.39, 0.29) is 29.8 Å². The van der Waals surface area contributed by atoms with Gasteiger partial charge in [-0.15, -0.1) is 0 Å². The van der Waals surface area contributed by atoms with Crippen LogP contribution in [0.2, 0.25) is 0 Å². The lowest BCUT2D eigenvalue weighted by Crippen LogP contribution is -2.42. The van der Waals surface area contributed by atoms with Crippen molar-refractivity contribution >= 4 is 17.4 Å². The zero-order chi connectivity index (χ0) is 25.2. The van der Waals surface area contributed by atoms with Crippen LogP contribution in [0.3, 0.4) is 0 Å². The quantitative estimate of drug-likeness (QED) is 0.545. The minimum absolute atomic E-state index is 0.0655. The number of urea groups is 1. The molecule has 0 radical (unpaired) electrons. The second-order valence-corrected chi connectivity index (χ2v) is 10.3. The molecular formula is C27H35F2N3O3. The summed E-state index contributed by atoms with van der Waals surface area (Å²) >= 11 is 0. The first-order valence-electron chi connectivity index (χ1n) is 12.3. The van der Waals surface area contributed by atoms with Crippen molar-refractivity contribution < 1.29 is 23.4 Å². The van der Waals surface area contributed by atoms with Gasteiger partial charge in [0, 0.05) is 49.2 Å². The number of likely N-dealkylation sites (tertiary alicyclic amines) is 1. The Morgan fingerprint density at radius 3 is 2.54 bits per heavy atom. The van der Waals surface area contributed by atoms with E-state index in [0.29, 0.717) is 30.3 Å². The number of hydrogen-bond acceptors (Lipinski definition) is 4. The molecule has 0 aliphatic carbocycles. The van der Waals surface area contributed by atoms with Gasteiger partial charge in [0.2, 0.25) is 0 Å². The SMILES string of the molecule is C[C@H]1CN(c2ccc(CN3CCC[C@H](C(C)(C)CO)C3)c(OC(F)F)c2)C(=O)N1c1ccccc1. The van der Waals surface area contributed by atoms with E-state index in [9.17, 15) is 18.7 Å². The van der Waals surface area contributed by atoms with E-state index in [1.54, 1.807) is 21.9 Å². The zero-order valence-corrected chi connectivity index (χ0v) is 20.7. The van der Waals surface area contributed by atoms with E-state index in [0.717, 1.165) is 31.6 Å². The molecule has 8 heteroatoms. The average molecular weight is 488 g/mol. The Labute approximate surface area is 206 Å². The minimum atomic E-state index is -2.96. The molecule has 1 N–H and O–H groups in total. The number of para-hydroxylation sites is 1. The third kappa shape index (κ3) is 5.59. The average Bonchev–Trinajstić information content (AvgIpc) is 3.14. The summed E-state index contributed by atoms with van der Waals surface area (Å²) in [4.78, 5) is 18.8. The molecule has 2 amide bonds. The first-order chi connectivity index (χ1) is 16.7. The molecule has 2 aromatic rings. The summed E-state index contributed by atoms with van der Waals surface area (Å²) < 4.78 is 31.6. The molecular weight excluding hydrogens is 452 g/mol. The number of rotatable bonds is 8. The monoisotopic (exact) mass is 487 g/mol. The predicted octanol–water partition coefficient (Wildman–Crippen LogP) is 5.35. The van der Waals surface area contributed by atoms with Crippen molar-refractivity contribution in [1.82, 2.24) is 4.90 Å². The predicted molar refractivity (Wildman–Crippen MR) is 133 cm³/mol. The Balaban J connectivity index is 1.55. The maximum atomic E-state index is 13.3. The van der Waals surface area contributed by atoms with Gasteiger partial charge in [-0.1, -0.05) is 38.1 Å². The standard InChI is InChI=1S/C27H35F2N3O3/c1-19-15-31(26(34)32(19)22-9-5-4-6-10-22)23-12-11-20(24(14-23)35-25(28)29)16-30-13-7-8-21(17-30)27(2,3)18-33/h4-6,9-12,14,19,21,25,33H,7-8,13,15-18H2,1-3H3/t19-,21-/m0/s1. The largest absolute Gasteiger partial charge is 0.434 e.